The zero-order chi connectivity index (χ0) is 14.6. The summed E-state index contributed by atoms with van der Waals surface area (Å²) in [6, 6.07) is 6.93. The van der Waals surface area contributed by atoms with Gasteiger partial charge in [0.15, 0.2) is 0 Å². The molecule has 0 saturated heterocycles. The number of rotatable bonds is 8. The Kier molecular flexibility index (Phi) is 4.99. The maximum absolute atomic E-state index is 12.2. The fraction of sp³-hybridized carbons (Fsp3) is 0.571. The van der Waals surface area contributed by atoms with Crippen LogP contribution in [0.3, 0.4) is 0 Å². The highest BCUT2D eigenvalue weighted by Crippen LogP contribution is 2.46. The Bertz CT molecular complexity index is 537. The molecule has 1 aromatic carbocycles. The summed E-state index contributed by atoms with van der Waals surface area (Å²) in [6.07, 6.45) is 5.26. The van der Waals surface area contributed by atoms with Crippen molar-refractivity contribution >= 4 is 27.5 Å². The normalized spacial score (nSPS) is 16.9. The molecule has 0 aliphatic heterocycles. The predicted molar refractivity (Wildman–Crippen MR) is 85.9 cm³/mol. The summed E-state index contributed by atoms with van der Waals surface area (Å²) in [5, 5.41) is 3.23. The minimum atomic E-state index is -3.39. The van der Waals surface area contributed by atoms with E-state index >= 15 is 0 Å². The summed E-state index contributed by atoms with van der Waals surface area (Å²) >= 11 is 1.75. The maximum atomic E-state index is 12.2. The van der Waals surface area contributed by atoms with Crippen LogP contribution in [-0.2, 0) is 10.0 Å². The molecule has 0 amide bonds. The summed E-state index contributed by atoms with van der Waals surface area (Å²) in [4.78, 5) is 0.330. The van der Waals surface area contributed by atoms with Gasteiger partial charge in [-0.05, 0) is 49.8 Å². The lowest BCUT2D eigenvalue weighted by molar-refractivity contribution is 0.580. The van der Waals surface area contributed by atoms with Crippen molar-refractivity contribution in [3.8, 4) is 0 Å². The van der Waals surface area contributed by atoms with Gasteiger partial charge in [0.2, 0.25) is 10.0 Å². The second kappa shape index (κ2) is 6.37. The minimum Gasteiger partial charge on any atom is -0.385 e. The van der Waals surface area contributed by atoms with Crippen molar-refractivity contribution < 1.29 is 8.42 Å². The van der Waals surface area contributed by atoms with Crippen molar-refractivity contribution in [1.29, 1.82) is 0 Å². The molecule has 2 N–H and O–H groups in total. The summed E-state index contributed by atoms with van der Waals surface area (Å²) in [7, 11) is -3.39. The van der Waals surface area contributed by atoms with Gasteiger partial charge in [-0.15, -0.1) is 0 Å². The first-order valence-corrected chi connectivity index (χ1v) is 9.61. The van der Waals surface area contributed by atoms with E-state index in [1.54, 1.807) is 23.9 Å². The molecule has 0 radical (unpaired) electrons. The van der Waals surface area contributed by atoms with E-state index < -0.39 is 10.0 Å². The molecule has 0 unspecified atom stereocenters. The molecular formula is C14H22N2O2S2. The van der Waals surface area contributed by atoms with Gasteiger partial charge in [-0.2, -0.15) is 11.8 Å². The van der Waals surface area contributed by atoms with Crippen molar-refractivity contribution in [1.82, 2.24) is 4.72 Å². The third-order valence-electron chi connectivity index (χ3n) is 3.57. The third kappa shape index (κ3) is 3.90. The highest BCUT2D eigenvalue weighted by Gasteiger charge is 2.42. The van der Waals surface area contributed by atoms with E-state index in [1.165, 1.54) is 0 Å². The number of benzene rings is 1. The van der Waals surface area contributed by atoms with Crippen LogP contribution in [0.5, 0.6) is 0 Å². The molecule has 1 aromatic rings. The van der Waals surface area contributed by atoms with Crippen molar-refractivity contribution in [2.75, 3.05) is 24.7 Å². The number of nitrogens with one attached hydrogen (secondary N) is 2. The molecule has 20 heavy (non-hydrogen) atoms. The van der Waals surface area contributed by atoms with E-state index in [-0.39, 0.29) is 4.75 Å². The van der Waals surface area contributed by atoms with Crippen molar-refractivity contribution in [2.45, 2.75) is 35.8 Å². The van der Waals surface area contributed by atoms with Gasteiger partial charge in [-0.1, -0.05) is 6.92 Å². The Balaban J connectivity index is 1.98. The van der Waals surface area contributed by atoms with Crippen LogP contribution in [0.2, 0.25) is 0 Å². The van der Waals surface area contributed by atoms with Gasteiger partial charge in [-0.3, -0.25) is 0 Å². The molecule has 1 aliphatic carbocycles. The summed E-state index contributed by atoms with van der Waals surface area (Å²) in [5.74, 6) is 0. The van der Waals surface area contributed by atoms with Crippen LogP contribution in [0, 0.1) is 0 Å². The number of thioether (sulfide) groups is 1. The molecule has 1 saturated carbocycles. The van der Waals surface area contributed by atoms with Crippen LogP contribution in [-0.4, -0.2) is 32.5 Å². The fourth-order valence-electron chi connectivity index (χ4n) is 1.92. The van der Waals surface area contributed by atoms with Crippen LogP contribution in [0.4, 0.5) is 5.69 Å². The fourth-order valence-corrected chi connectivity index (χ4v) is 3.87. The summed E-state index contributed by atoms with van der Waals surface area (Å²) < 4.78 is 27.3. The Morgan fingerprint density at radius 3 is 2.40 bits per heavy atom. The van der Waals surface area contributed by atoms with E-state index in [1.807, 2.05) is 18.4 Å². The predicted octanol–water partition coefficient (Wildman–Crippen LogP) is 2.68. The SMILES string of the molecule is CCCNc1ccc(S(=O)(=O)NCC2(SC)CC2)cc1. The molecule has 4 nitrogen and oxygen atoms in total. The molecule has 1 fully saturated rings. The average molecular weight is 314 g/mol. The monoisotopic (exact) mass is 314 g/mol. The first-order chi connectivity index (χ1) is 9.51. The first kappa shape index (κ1) is 15.7. The first-order valence-electron chi connectivity index (χ1n) is 6.90. The Hall–Kier alpha value is -0.720. The minimum absolute atomic E-state index is 0.135. The van der Waals surface area contributed by atoms with Crippen LogP contribution < -0.4 is 10.0 Å². The van der Waals surface area contributed by atoms with Gasteiger partial charge >= 0.3 is 0 Å². The number of sulfonamides is 1. The van der Waals surface area contributed by atoms with Crippen molar-refractivity contribution in [2.24, 2.45) is 0 Å². The van der Waals surface area contributed by atoms with E-state index in [0.717, 1.165) is 31.5 Å². The second-order valence-electron chi connectivity index (χ2n) is 5.16. The lowest BCUT2D eigenvalue weighted by atomic mass is 10.3. The van der Waals surface area contributed by atoms with Crippen molar-refractivity contribution in [3.63, 3.8) is 0 Å². The van der Waals surface area contributed by atoms with E-state index in [9.17, 15) is 8.42 Å². The van der Waals surface area contributed by atoms with Gasteiger partial charge in [-0.25, -0.2) is 13.1 Å². The van der Waals surface area contributed by atoms with Crippen LogP contribution >= 0.6 is 11.8 Å². The molecule has 0 bridgehead atoms. The smallest absolute Gasteiger partial charge is 0.240 e. The van der Waals surface area contributed by atoms with Gasteiger partial charge in [0.05, 0.1) is 4.90 Å². The van der Waals surface area contributed by atoms with E-state index in [4.69, 9.17) is 0 Å². The molecule has 0 spiro atoms. The molecule has 6 heteroatoms. The summed E-state index contributed by atoms with van der Waals surface area (Å²) in [6.45, 7) is 3.50. The van der Waals surface area contributed by atoms with Gasteiger partial charge < -0.3 is 5.32 Å². The molecule has 112 valence electrons. The Morgan fingerprint density at radius 2 is 1.90 bits per heavy atom. The lowest BCUT2D eigenvalue weighted by Gasteiger charge is -2.13. The van der Waals surface area contributed by atoms with E-state index in [0.29, 0.717) is 11.4 Å². The van der Waals surface area contributed by atoms with Crippen LogP contribution in [0.1, 0.15) is 26.2 Å². The average Bonchev–Trinajstić information content (AvgIpc) is 3.24. The number of hydrogen-bond acceptors (Lipinski definition) is 4. The van der Waals surface area contributed by atoms with Gasteiger partial charge in [0.25, 0.3) is 0 Å². The van der Waals surface area contributed by atoms with Gasteiger partial charge in [0.1, 0.15) is 0 Å². The zero-order valence-electron chi connectivity index (χ0n) is 12.0. The highest BCUT2D eigenvalue weighted by atomic mass is 32.2. The molecule has 0 aromatic heterocycles. The van der Waals surface area contributed by atoms with E-state index in [2.05, 4.69) is 17.0 Å². The standard InChI is InChI=1S/C14H22N2O2S2/c1-3-10-15-12-4-6-13(7-5-12)20(17,18)16-11-14(19-2)8-9-14/h4-7,15-16H,3,8-11H2,1-2H3. The molecule has 1 aliphatic rings. The van der Waals surface area contributed by atoms with Crippen LogP contribution in [0.25, 0.3) is 0 Å². The lowest BCUT2D eigenvalue weighted by Crippen LogP contribution is -2.31. The molecule has 2 rings (SSSR count). The highest BCUT2D eigenvalue weighted by molar-refractivity contribution is 8.00. The zero-order valence-corrected chi connectivity index (χ0v) is 13.6. The maximum Gasteiger partial charge on any atom is 0.240 e. The quantitative estimate of drug-likeness (QED) is 0.774. The van der Waals surface area contributed by atoms with Crippen LogP contribution in [0.15, 0.2) is 29.2 Å². The topological polar surface area (TPSA) is 58.2 Å². The molecule has 0 atom stereocenters. The number of anilines is 1. The molecule has 0 heterocycles. The number of hydrogen-bond donors (Lipinski definition) is 2. The Morgan fingerprint density at radius 1 is 1.25 bits per heavy atom. The summed E-state index contributed by atoms with van der Waals surface area (Å²) in [5.41, 5.74) is 0.952. The molecular weight excluding hydrogens is 292 g/mol. The van der Waals surface area contributed by atoms with Gasteiger partial charge in [0, 0.05) is 23.5 Å². The largest absolute Gasteiger partial charge is 0.385 e. The third-order valence-corrected chi connectivity index (χ3v) is 6.40. The van der Waals surface area contributed by atoms with Crippen molar-refractivity contribution in [3.05, 3.63) is 24.3 Å². The second-order valence-corrected chi connectivity index (χ2v) is 8.20. The Labute approximate surface area is 125 Å².